The van der Waals surface area contributed by atoms with Crippen molar-refractivity contribution >= 4 is 5.97 Å². The van der Waals surface area contributed by atoms with Gasteiger partial charge in [-0.2, -0.15) is 0 Å². The van der Waals surface area contributed by atoms with E-state index in [0.29, 0.717) is 18.4 Å². The Balaban J connectivity index is 1.92. The van der Waals surface area contributed by atoms with Gasteiger partial charge in [0.25, 0.3) is 0 Å². The summed E-state index contributed by atoms with van der Waals surface area (Å²) in [6.07, 6.45) is 1.28. The van der Waals surface area contributed by atoms with Crippen molar-refractivity contribution in [3.8, 4) is 5.75 Å². The van der Waals surface area contributed by atoms with Crippen molar-refractivity contribution in [1.29, 1.82) is 0 Å². The highest BCUT2D eigenvalue weighted by molar-refractivity contribution is 5.88. The normalized spacial score (nSPS) is 10.8. The first kappa shape index (κ1) is 21.5. The zero-order valence-electron chi connectivity index (χ0n) is 17.4. The molecular formula is C25H25FO4. The van der Waals surface area contributed by atoms with Crippen LogP contribution >= 0.6 is 0 Å². The fourth-order valence-corrected chi connectivity index (χ4v) is 3.57. The summed E-state index contributed by atoms with van der Waals surface area (Å²) >= 11 is 0. The molecule has 0 radical (unpaired) electrons. The summed E-state index contributed by atoms with van der Waals surface area (Å²) in [6, 6.07) is 15.9. The van der Waals surface area contributed by atoms with E-state index >= 15 is 0 Å². The molecule has 0 spiro atoms. The molecule has 1 N–H and O–H groups in total. The van der Waals surface area contributed by atoms with E-state index in [1.165, 1.54) is 12.1 Å². The van der Waals surface area contributed by atoms with E-state index in [0.717, 1.165) is 39.1 Å². The predicted octanol–water partition coefficient (Wildman–Crippen LogP) is 5.31. The van der Waals surface area contributed by atoms with Crippen LogP contribution in [0, 0.1) is 19.7 Å². The Bertz CT molecular complexity index is 1020. The Kier molecular flexibility index (Phi) is 6.85. The second-order valence-electron chi connectivity index (χ2n) is 7.37. The van der Waals surface area contributed by atoms with E-state index < -0.39 is 5.97 Å². The predicted molar refractivity (Wildman–Crippen MR) is 114 cm³/mol. The molecule has 0 saturated heterocycles. The van der Waals surface area contributed by atoms with Crippen LogP contribution in [0.3, 0.4) is 0 Å². The van der Waals surface area contributed by atoms with Crippen molar-refractivity contribution in [1.82, 2.24) is 0 Å². The molecule has 3 rings (SSSR count). The molecule has 0 heterocycles. The lowest BCUT2D eigenvalue weighted by Crippen LogP contribution is -2.05. The van der Waals surface area contributed by atoms with Crippen molar-refractivity contribution in [3.63, 3.8) is 0 Å². The minimum absolute atomic E-state index is 0.143. The van der Waals surface area contributed by atoms with Crippen LogP contribution in [-0.2, 0) is 17.6 Å². The summed E-state index contributed by atoms with van der Waals surface area (Å²) in [6.45, 7) is 4.01. The SMILES string of the molecule is COCOc1ccc(Cc2c(C)cc(C(=O)O)cc2C)cc1Cc1ccc(F)cc1. The number of hydrogen-bond acceptors (Lipinski definition) is 3. The van der Waals surface area contributed by atoms with Gasteiger partial charge in [-0.15, -0.1) is 0 Å². The second kappa shape index (κ2) is 9.55. The zero-order chi connectivity index (χ0) is 21.7. The largest absolute Gasteiger partial charge is 0.478 e. The minimum atomic E-state index is -0.922. The van der Waals surface area contributed by atoms with Crippen LogP contribution in [-0.4, -0.2) is 25.0 Å². The number of carbonyl (C=O) groups is 1. The Morgan fingerprint density at radius 1 is 0.933 bits per heavy atom. The monoisotopic (exact) mass is 408 g/mol. The molecule has 30 heavy (non-hydrogen) atoms. The van der Waals surface area contributed by atoms with E-state index in [9.17, 15) is 14.3 Å². The molecule has 0 saturated carbocycles. The Labute approximate surface area is 175 Å². The standard InChI is InChI=1S/C25H25FO4/c1-16-10-21(25(27)28)11-17(2)23(16)14-19-6-9-24(30-15-29-3)20(13-19)12-18-4-7-22(26)8-5-18/h4-11,13H,12,14-15H2,1-3H3,(H,27,28). The van der Waals surface area contributed by atoms with Gasteiger partial charge >= 0.3 is 5.97 Å². The molecule has 5 heteroatoms. The number of benzene rings is 3. The van der Waals surface area contributed by atoms with Gasteiger partial charge in [-0.25, -0.2) is 9.18 Å². The lowest BCUT2D eigenvalue weighted by atomic mass is 9.92. The van der Waals surface area contributed by atoms with Crippen LogP contribution in [0.15, 0.2) is 54.6 Å². The van der Waals surface area contributed by atoms with Gasteiger partial charge in [0.1, 0.15) is 11.6 Å². The van der Waals surface area contributed by atoms with Crippen molar-refractivity contribution in [2.45, 2.75) is 26.7 Å². The zero-order valence-corrected chi connectivity index (χ0v) is 17.4. The number of carboxylic acid groups (broad SMARTS) is 1. The van der Waals surface area contributed by atoms with Gasteiger partial charge in [0.2, 0.25) is 0 Å². The quantitative estimate of drug-likeness (QED) is 0.514. The summed E-state index contributed by atoms with van der Waals surface area (Å²) in [7, 11) is 1.57. The molecule has 0 unspecified atom stereocenters. The van der Waals surface area contributed by atoms with Gasteiger partial charge in [-0.05, 0) is 84.0 Å². The van der Waals surface area contributed by atoms with Crippen LogP contribution in [0.2, 0.25) is 0 Å². The van der Waals surface area contributed by atoms with E-state index in [4.69, 9.17) is 9.47 Å². The lowest BCUT2D eigenvalue weighted by molar-refractivity contribution is 0.0505. The second-order valence-corrected chi connectivity index (χ2v) is 7.37. The maximum absolute atomic E-state index is 13.3. The summed E-state index contributed by atoms with van der Waals surface area (Å²) in [4.78, 5) is 11.3. The van der Waals surface area contributed by atoms with E-state index in [1.54, 1.807) is 31.4 Å². The molecule has 0 fully saturated rings. The van der Waals surface area contributed by atoms with Crippen LogP contribution < -0.4 is 4.74 Å². The molecule has 0 aliphatic rings. The molecule has 0 aromatic heterocycles. The number of halogens is 1. The number of methoxy groups -OCH3 is 1. The number of aryl methyl sites for hydroxylation is 2. The first-order chi connectivity index (χ1) is 14.4. The average molecular weight is 408 g/mol. The number of hydrogen-bond donors (Lipinski definition) is 1. The number of carboxylic acids is 1. The van der Waals surface area contributed by atoms with E-state index in [-0.39, 0.29) is 12.6 Å². The number of rotatable bonds is 8. The van der Waals surface area contributed by atoms with Gasteiger partial charge in [0, 0.05) is 13.5 Å². The van der Waals surface area contributed by atoms with Crippen LogP contribution in [0.1, 0.15) is 43.7 Å². The maximum Gasteiger partial charge on any atom is 0.335 e. The van der Waals surface area contributed by atoms with Gasteiger partial charge in [-0.1, -0.05) is 24.3 Å². The third-order valence-electron chi connectivity index (χ3n) is 5.09. The third kappa shape index (κ3) is 5.24. The highest BCUT2D eigenvalue weighted by Crippen LogP contribution is 2.27. The third-order valence-corrected chi connectivity index (χ3v) is 5.09. The fourth-order valence-electron chi connectivity index (χ4n) is 3.57. The lowest BCUT2D eigenvalue weighted by Gasteiger charge is -2.15. The molecular weight excluding hydrogens is 383 g/mol. The fraction of sp³-hybridized carbons (Fsp3) is 0.240. The number of ether oxygens (including phenoxy) is 2. The molecule has 0 aliphatic heterocycles. The Morgan fingerprint density at radius 3 is 2.17 bits per heavy atom. The first-order valence-electron chi connectivity index (χ1n) is 9.68. The van der Waals surface area contributed by atoms with Crippen molar-refractivity contribution in [2.24, 2.45) is 0 Å². The minimum Gasteiger partial charge on any atom is -0.478 e. The van der Waals surface area contributed by atoms with E-state index in [1.807, 2.05) is 26.0 Å². The van der Waals surface area contributed by atoms with Crippen LogP contribution in [0.25, 0.3) is 0 Å². The van der Waals surface area contributed by atoms with Crippen LogP contribution in [0.4, 0.5) is 4.39 Å². The van der Waals surface area contributed by atoms with Crippen molar-refractivity contribution in [3.05, 3.63) is 99.4 Å². The van der Waals surface area contributed by atoms with Crippen LogP contribution in [0.5, 0.6) is 5.75 Å². The highest BCUT2D eigenvalue weighted by atomic mass is 19.1. The highest BCUT2D eigenvalue weighted by Gasteiger charge is 2.12. The first-order valence-corrected chi connectivity index (χ1v) is 9.68. The molecule has 0 amide bonds. The smallest absolute Gasteiger partial charge is 0.335 e. The number of aromatic carboxylic acids is 1. The van der Waals surface area contributed by atoms with Gasteiger partial charge in [0.15, 0.2) is 6.79 Å². The summed E-state index contributed by atoms with van der Waals surface area (Å²) < 4.78 is 24.0. The maximum atomic E-state index is 13.3. The molecule has 4 nitrogen and oxygen atoms in total. The Hall–Kier alpha value is -3.18. The van der Waals surface area contributed by atoms with Crippen molar-refractivity contribution in [2.75, 3.05) is 13.9 Å². The van der Waals surface area contributed by atoms with Gasteiger partial charge in [-0.3, -0.25) is 0 Å². The van der Waals surface area contributed by atoms with Crippen molar-refractivity contribution < 1.29 is 23.8 Å². The Morgan fingerprint density at radius 2 is 1.57 bits per heavy atom. The molecule has 3 aromatic rings. The molecule has 156 valence electrons. The van der Waals surface area contributed by atoms with Gasteiger partial charge in [0.05, 0.1) is 5.56 Å². The summed E-state index contributed by atoms with van der Waals surface area (Å²) in [5.74, 6) is -0.465. The summed E-state index contributed by atoms with van der Waals surface area (Å²) in [5.41, 5.74) is 6.36. The topological polar surface area (TPSA) is 55.8 Å². The average Bonchev–Trinajstić information content (AvgIpc) is 2.71. The van der Waals surface area contributed by atoms with E-state index in [2.05, 4.69) is 6.07 Å². The molecule has 0 aliphatic carbocycles. The molecule has 0 atom stereocenters. The van der Waals surface area contributed by atoms with Gasteiger partial charge < -0.3 is 14.6 Å². The molecule has 0 bridgehead atoms. The summed E-state index contributed by atoms with van der Waals surface area (Å²) in [5, 5.41) is 9.26. The molecule has 3 aromatic carbocycles.